The number of esters is 1. The van der Waals surface area contributed by atoms with E-state index in [0.717, 1.165) is 0 Å². The van der Waals surface area contributed by atoms with Crippen molar-refractivity contribution in [3.63, 3.8) is 0 Å². The Bertz CT molecular complexity index is 1430. The predicted octanol–water partition coefficient (Wildman–Crippen LogP) is 5.22. The maximum atomic E-state index is 14.3. The van der Waals surface area contributed by atoms with Crippen LogP contribution < -0.4 is 5.73 Å². The molecule has 0 aromatic heterocycles. The Labute approximate surface area is 203 Å². The molecule has 1 heterocycles. The first-order chi connectivity index (χ1) is 17.2. The largest absolute Gasteiger partial charge is 0.452 e. The van der Waals surface area contributed by atoms with Crippen molar-refractivity contribution in [2.75, 3.05) is 6.61 Å². The lowest BCUT2D eigenvalue weighted by Gasteiger charge is -2.30. The zero-order valence-electron chi connectivity index (χ0n) is 18.4. The third-order valence-corrected chi connectivity index (χ3v) is 5.72. The highest BCUT2D eigenvalue weighted by Crippen LogP contribution is 2.50. The fraction of sp³-hybridized carbons (Fsp3) is 0.208. The van der Waals surface area contributed by atoms with Gasteiger partial charge >= 0.3 is 18.3 Å². The molecule has 1 amide bonds. The normalized spacial score (nSPS) is 17.9. The highest BCUT2D eigenvalue weighted by molar-refractivity contribution is 6.15. The maximum Gasteiger partial charge on any atom is 0.435 e. The molecular weight excluding hydrogens is 513 g/mol. The molecule has 1 unspecified atom stereocenters. The lowest BCUT2D eigenvalue weighted by Crippen LogP contribution is -2.43. The number of primary amides is 1. The third-order valence-electron chi connectivity index (χ3n) is 5.72. The molecule has 1 aliphatic rings. The molecule has 0 saturated heterocycles. The van der Waals surface area contributed by atoms with Crippen molar-refractivity contribution in [1.29, 1.82) is 0 Å². The van der Waals surface area contributed by atoms with Crippen LogP contribution in [0.5, 0.6) is 0 Å². The average molecular weight is 528 g/mol. The zero-order valence-corrected chi connectivity index (χ0v) is 18.4. The minimum Gasteiger partial charge on any atom is -0.452 e. The first-order valence-corrected chi connectivity index (χ1v) is 10.4. The van der Waals surface area contributed by atoms with Gasteiger partial charge in [-0.25, -0.2) is 9.18 Å². The number of nitrogens with zero attached hydrogens (tertiary/aromatic N) is 1. The Hall–Kier alpha value is -4.16. The van der Waals surface area contributed by atoms with E-state index in [9.17, 15) is 40.3 Å². The second kappa shape index (κ2) is 9.05. The number of ether oxygens (including phenoxy) is 1. The van der Waals surface area contributed by atoms with Gasteiger partial charge in [-0.15, -0.1) is 0 Å². The van der Waals surface area contributed by atoms with Gasteiger partial charge in [-0.3, -0.25) is 4.79 Å². The van der Waals surface area contributed by atoms with Gasteiger partial charge < -0.3 is 15.3 Å². The highest BCUT2D eigenvalue weighted by atomic mass is 19.4. The fourth-order valence-electron chi connectivity index (χ4n) is 3.99. The standard InChI is InChI=1S/C24H15F7N2O4/c25-18-8-5-12(9-17(18)23(26,27)28)22(24(29,30)31)10-19(33-37-22)15-6-7-16(21(35)36-11-20(32)34)14-4-2-1-3-13(14)15/h1-9H,10-11H2,(H2,32,34). The van der Waals surface area contributed by atoms with Gasteiger partial charge in [-0.2, -0.15) is 26.3 Å². The van der Waals surface area contributed by atoms with E-state index >= 15 is 0 Å². The Balaban J connectivity index is 1.78. The number of hydrogen-bond acceptors (Lipinski definition) is 5. The molecule has 3 aromatic rings. The summed E-state index contributed by atoms with van der Waals surface area (Å²) in [5.41, 5.74) is -1.41. The summed E-state index contributed by atoms with van der Waals surface area (Å²) < 4.78 is 101. The van der Waals surface area contributed by atoms with Crippen LogP contribution in [0.15, 0.2) is 59.8 Å². The lowest BCUT2D eigenvalue weighted by molar-refractivity contribution is -0.276. The molecule has 0 radical (unpaired) electrons. The topological polar surface area (TPSA) is 91.0 Å². The maximum absolute atomic E-state index is 14.3. The Morgan fingerprint density at radius 1 is 1.00 bits per heavy atom. The summed E-state index contributed by atoms with van der Waals surface area (Å²) in [5.74, 6) is -3.55. The van der Waals surface area contributed by atoms with Crippen molar-refractivity contribution < 1.29 is 49.9 Å². The van der Waals surface area contributed by atoms with Crippen molar-refractivity contribution in [3.8, 4) is 0 Å². The van der Waals surface area contributed by atoms with Crippen molar-refractivity contribution in [3.05, 3.63) is 82.7 Å². The second-order valence-electron chi connectivity index (χ2n) is 8.07. The molecular formula is C24H15F7N2O4. The van der Waals surface area contributed by atoms with Crippen LogP contribution in [0.2, 0.25) is 0 Å². The summed E-state index contributed by atoms with van der Waals surface area (Å²) in [6.07, 6.45) is -11.5. The van der Waals surface area contributed by atoms with Gasteiger partial charge in [0.15, 0.2) is 6.61 Å². The van der Waals surface area contributed by atoms with Gasteiger partial charge in [0.25, 0.3) is 11.5 Å². The highest BCUT2D eigenvalue weighted by Gasteiger charge is 2.62. The molecule has 1 aliphatic heterocycles. The zero-order chi connectivity index (χ0) is 27.2. The molecule has 4 rings (SSSR count). The number of carbonyl (C=O) groups excluding carboxylic acids is 2. The number of amides is 1. The number of fused-ring (bicyclic) bond motifs is 1. The lowest BCUT2D eigenvalue weighted by atomic mass is 9.84. The van der Waals surface area contributed by atoms with E-state index in [0.29, 0.717) is 6.07 Å². The molecule has 37 heavy (non-hydrogen) atoms. The first kappa shape index (κ1) is 25.9. The number of nitrogens with two attached hydrogens (primary N) is 1. The van der Waals surface area contributed by atoms with Gasteiger partial charge in [-0.05, 0) is 29.0 Å². The van der Waals surface area contributed by atoms with Crippen molar-refractivity contribution in [2.24, 2.45) is 10.9 Å². The van der Waals surface area contributed by atoms with E-state index in [4.69, 9.17) is 15.3 Å². The van der Waals surface area contributed by atoms with Gasteiger partial charge in [0.1, 0.15) is 5.82 Å². The molecule has 0 fully saturated rings. The summed E-state index contributed by atoms with van der Waals surface area (Å²) >= 11 is 0. The molecule has 0 bridgehead atoms. The minimum atomic E-state index is -5.25. The first-order valence-electron chi connectivity index (χ1n) is 10.4. The van der Waals surface area contributed by atoms with Crippen LogP contribution in [0.1, 0.15) is 33.5 Å². The number of alkyl halides is 6. The summed E-state index contributed by atoms with van der Waals surface area (Å²) in [6, 6.07) is 9.43. The molecule has 0 saturated carbocycles. The molecule has 3 aromatic carbocycles. The van der Waals surface area contributed by atoms with Gasteiger partial charge in [0.2, 0.25) is 0 Å². The Kier molecular flexibility index (Phi) is 6.34. The van der Waals surface area contributed by atoms with Crippen LogP contribution >= 0.6 is 0 Å². The molecule has 194 valence electrons. The number of oxime groups is 1. The number of carbonyl (C=O) groups is 2. The summed E-state index contributed by atoms with van der Waals surface area (Å²) in [7, 11) is 0. The smallest absolute Gasteiger partial charge is 0.435 e. The Morgan fingerprint density at radius 3 is 2.30 bits per heavy atom. The number of benzene rings is 3. The van der Waals surface area contributed by atoms with E-state index in [2.05, 4.69) is 5.16 Å². The van der Waals surface area contributed by atoms with Crippen LogP contribution in [-0.4, -0.2) is 30.4 Å². The molecule has 1 atom stereocenters. The third kappa shape index (κ3) is 4.68. The van der Waals surface area contributed by atoms with E-state index < -0.39 is 59.8 Å². The predicted molar refractivity (Wildman–Crippen MR) is 115 cm³/mol. The SMILES string of the molecule is NC(=O)COC(=O)c1ccc(C2=NOC(c3ccc(F)c(C(F)(F)F)c3)(C(F)(F)F)C2)c2ccccc12. The van der Waals surface area contributed by atoms with E-state index in [1.807, 2.05) is 0 Å². The van der Waals surface area contributed by atoms with E-state index in [1.165, 1.54) is 30.3 Å². The van der Waals surface area contributed by atoms with E-state index in [1.54, 1.807) is 6.07 Å². The molecule has 0 aliphatic carbocycles. The summed E-state index contributed by atoms with van der Waals surface area (Å²) in [6.45, 7) is -0.693. The van der Waals surface area contributed by atoms with Crippen LogP contribution in [0.25, 0.3) is 10.8 Å². The van der Waals surface area contributed by atoms with Crippen LogP contribution in [0.4, 0.5) is 30.7 Å². The Morgan fingerprint density at radius 2 is 1.68 bits per heavy atom. The van der Waals surface area contributed by atoms with Crippen LogP contribution in [-0.2, 0) is 26.1 Å². The number of rotatable bonds is 5. The van der Waals surface area contributed by atoms with Crippen molar-refractivity contribution in [1.82, 2.24) is 0 Å². The summed E-state index contributed by atoms with van der Waals surface area (Å²) in [5, 5.41) is 4.04. The molecule has 0 spiro atoms. The fourth-order valence-corrected chi connectivity index (χ4v) is 3.99. The average Bonchev–Trinajstić information content (AvgIpc) is 3.28. The molecule has 13 heteroatoms. The van der Waals surface area contributed by atoms with Crippen molar-refractivity contribution in [2.45, 2.75) is 24.4 Å². The van der Waals surface area contributed by atoms with E-state index in [-0.39, 0.29) is 39.7 Å². The van der Waals surface area contributed by atoms with Crippen LogP contribution in [0.3, 0.4) is 0 Å². The summed E-state index contributed by atoms with van der Waals surface area (Å²) in [4.78, 5) is 28.1. The number of hydrogen-bond donors (Lipinski definition) is 1. The number of halogens is 7. The molecule has 2 N–H and O–H groups in total. The van der Waals surface area contributed by atoms with Gasteiger partial charge in [-0.1, -0.05) is 41.6 Å². The molecule has 6 nitrogen and oxygen atoms in total. The van der Waals surface area contributed by atoms with Crippen molar-refractivity contribution >= 4 is 28.4 Å². The second-order valence-corrected chi connectivity index (χ2v) is 8.07. The monoisotopic (exact) mass is 528 g/mol. The van der Waals surface area contributed by atoms with Gasteiger partial charge in [0, 0.05) is 17.5 Å². The van der Waals surface area contributed by atoms with Gasteiger partial charge in [0.05, 0.1) is 16.8 Å². The quantitative estimate of drug-likeness (QED) is 0.363. The minimum absolute atomic E-state index is 0.0180. The van der Waals surface area contributed by atoms with Crippen LogP contribution in [0, 0.1) is 5.82 Å².